The van der Waals surface area contributed by atoms with Crippen molar-refractivity contribution in [3.63, 3.8) is 0 Å². The van der Waals surface area contributed by atoms with Gasteiger partial charge < -0.3 is 5.73 Å². The number of rotatable bonds is 2. The van der Waals surface area contributed by atoms with E-state index in [1.54, 1.807) is 6.08 Å². The predicted molar refractivity (Wildman–Crippen MR) is 60.2 cm³/mol. The summed E-state index contributed by atoms with van der Waals surface area (Å²) in [6, 6.07) is 0. The van der Waals surface area contributed by atoms with E-state index in [1.807, 2.05) is 52.0 Å². The quantitative estimate of drug-likeness (QED) is 0.631. The second kappa shape index (κ2) is 32.0. The largest absolute Gasteiger partial charge is 0.331 e. The second-order valence-electron chi connectivity index (χ2n) is 1.55. The summed E-state index contributed by atoms with van der Waals surface area (Å²) in [6.45, 7) is 12.1. The summed E-state index contributed by atoms with van der Waals surface area (Å²) >= 11 is 0. The molecule has 0 saturated carbocycles. The van der Waals surface area contributed by atoms with Crippen molar-refractivity contribution >= 4 is 0 Å². The van der Waals surface area contributed by atoms with Crippen LogP contribution in [0.4, 0.5) is 0 Å². The van der Waals surface area contributed by atoms with Crippen LogP contribution in [0.25, 0.3) is 0 Å². The maximum Gasteiger partial charge on any atom is -0.0106 e. The number of nitrogens with two attached hydrogens (primary N) is 1. The highest BCUT2D eigenvalue weighted by atomic mass is 14.5. The Morgan fingerprint density at radius 2 is 1.58 bits per heavy atom. The average Bonchev–Trinajstić information content (AvgIpc) is 2.11. The number of hydrogen-bond acceptors (Lipinski definition) is 1. The molecule has 0 aliphatic heterocycles. The van der Waals surface area contributed by atoms with Gasteiger partial charge in [0, 0.05) is 0 Å². The van der Waals surface area contributed by atoms with E-state index in [4.69, 9.17) is 5.73 Å². The Labute approximate surface area is 77.7 Å². The van der Waals surface area contributed by atoms with Gasteiger partial charge in [0.1, 0.15) is 0 Å². The van der Waals surface area contributed by atoms with Crippen molar-refractivity contribution in [3.8, 4) is 0 Å². The molecular weight excluding hydrogens is 146 g/mol. The molecule has 0 aromatic rings. The molecule has 0 heterocycles. The lowest BCUT2D eigenvalue weighted by Crippen LogP contribution is -1.87. The zero-order valence-corrected chi connectivity index (χ0v) is 8.88. The van der Waals surface area contributed by atoms with E-state index in [2.05, 4.69) is 6.58 Å². The van der Waals surface area contributed by atoms with E-state index >= 15 is 0 Å². The molecule has 0 aliphatic rings. The monoisotopic (exact) mass is 169 g/mol. The minimum Gasteiger partial charge on any atom is -0.331 e. The lowest BCUT2D eigenvalue weighted by molar-refractivity contribution is 1.14. The van der Waals surface area contributed by atoms with Crippen LogP contribution in [0.3, 0.4) is 0 Å². The van der Waals surface area contributed by atoms with E-state index < -0.39 is 0 Å². The molecular formula is C11H23N. The van der Waals surface area contributed by atoms with Gasteiger partial charge in [0.05, 0.1) is 0 Å². The molecule has 0 atom stereocenters. The second-order valence-corrected chi connectivity index (χ2v) is 1.55. The zero-order chi connectivity index (χ0) is 10.2. The first-order valence-corrected chi connectivity index (χ1v) is 4.43. The Balaban J connectivity index is -0.000000137. The van der Waals surface area contributed by atoms with Gasteiger partial charge in [-0.3, -0.25) is 0 Å². The maximum atomic E-state index is 4.85. The van der Waals surface area contributed by atoms with Crippen LogP contribution in [0.5, 0.6) is 0 Å². The Hall–Kier alpha value is -0.820. The van der Waals surface area contributed by atoms with E-state index in [0.29, 0.717) is 0 Å². The summed E-state index contributed by atoms with van der Waals surface area (Å²) in [5.41, 5.74) is 4.85. The highest BCUT2D eigenvalue weighted by Gasteiger charge is 1.52. The Kier molecular flexibility index (Phi) is 46.1. The van der Waals surface area contributed by atoms with Crippen molar-refractivity contribution in [2.24, 2.45) is 5.73 Å². The Morgan fingerprint density at radius 1 is 1.17 bits per heavy atom. The summed E-state index contributed by atoms with van der Waals surface area (Å²) in [6.07, 6.45) is 9.51. The third kappa shape index (κ3) is 60.7. The van der Waals surface area contributed by atoms with Crippen LogP contribution in [0.1, 0.15) is 27.7 Å². The van der Waals surface area contributed by atoms with Gasteiger partial charge in [0.25, 0.3) is 0 Å². The summed E-state index contributed by atoms with van der Waals surface area (Å²) in [5.74, 6) is 0. The van der Waals surface area contributed by atoms with Gasteiger partial charge in [-0.25, -0.2) is 0 Å². The molecule has 12 heavy (non-hydrogen) atoms. The Bertz CT molecular complexity index is 102. The first-order valence-electron chi connectivity index (χ1n) is 4.43. The maximum absolute atomic E-state index is 4.85. The van der Waals surface area contributed by atoms with Crippen molar-refractivity contribution in [3.05, 3.63) is 37.0 Å². The van der Waals surface area contributed by atoms with Gasteiger partial charge in [0.15, 0.2) is 0 Å². The van der Waals surface area contributed by atoms with Gasteiger partial charge in [-0.15, -0.1) is 0 Å². The van der Waals surface area contributed by atoms with E-state index in [1.165, 1.54) is 0 Å². The first-order chi connectivity index (χ1) is 5.83. The van der Waals surface area contributed by atoms with Crippen LogP contribution in [-0.4, -0.2) is 6.54 Å². The van der Waals surface area contributed by atoms with Crippen LogP contribution in [0, 0.1) is 0 Å². The first kappa shape index (κ1) is 17.3. The fourth-order valence-corrected chi connectivity index (χ4v) is 0.254. The van der Waals surface area contributed by atoms with Crippen molar-refractivity contribution < 1.29 is 0 Å². The number of allylic oxidation sites excluding steroid dienone is 5. The molecule has 1 heteroatoms. The van der Waals surface area contributed by atoms with Crippen molar-refractivity contribution in [2.45, 2.75) is 27.7 Å². The third-order valence-electron chi connectivity index (χ3n) is 0.551. The summed E-state index contributed by atoms with van der Waals surface area (Å²) in [4.78, 5) is 0. The molecule has 2 N–H and O–H groups in total. The lowest BCUT2D eigenvalue weighted by atomic mass is 10.4. The summed E-state index contributed by atoms with van der Waals surface area (Å²) in [7, 11) is 0. The van der Waals surface area contributed by atoms with Crippen molar-refractivity contribution in [2.75, 3.05) is 6.54 Å². The van der Waals surface area contributed by atoms with E-state index in [-0.39, 0.29) is 0 Å². The highest BCUT2D eigenvalue weighted by Crippen LogP contribution is 1.74. The summed E-state index contributed by atoms with van der Waals surface area (Å²) < 4.78 is 0. The van der Waals surface area contributed by atoms with Crippen molar-refractivity contribution in [1.82, 2.24) is 0 Å². The van der Waals surface area contributed by atoms with Crippen LogP contribution in [-0.2, 0) is 0 Å². The smallest absolute Gasteiger partial charge is 0.0106 e. The fourth-order valence-electron chi connectivity index (χ4n) is 0.254. The van der Waals surface area contributed by atoms with Crippen molar-refractivity contribution in [1.29, 1.82) is 0 Å². The minimum atomic E-state index is 0.750. The zero-order valence-electron chi connectivity index (χ0n) is 8.88. The molecule has 1 nitrogen and oxygen atoms in total. The standard InChI is InChI=1S/C7H10.C2H7N.C2H6/c1-3-5-7-6-4-2;1-2-3;1-2/h3-7H,1H2,2H3;2-3H2,1H3;1-2H3/b6-4-,7-5-;;. The van der Waals surface area contributed by atoms with Gasteiger partial charge in [0.2, 0.25) is 0 Å². The van der Waals surface area contributed by atoms with Gasteiger partial charge in [-0.05, 0) is 13.5 Å². The predicted octanol–water partition coefficient (Wildman–Crippen LogP) is 3.30. The highest BCUT2D eigenvalue weighted by molar-refractivity contribution is 5.07. The van der Waals surface area contributed by atoms with Gasteiger partial charge in [-0.1, -0.05) is 57.7 Å². The average molecular weight is 169 g/mol. The molecule has 0 radical (unpaired) electrons. The topological polar surface area (TPSA) is 26.0 Å². The molecule has 0 aliphatic carbocycles. The molecule has 0 rings (SSSR count). The normalized spacial score (nSPS) is 8.42. The molecule has 72 valence electrons. The van der Waals surface area contributed by atoms with Gasteiger partial charge in [-0.2, -0.15) is 0 Å². The molecule has 0 saturated heterocycles. The molecule has 0 amide bonds. The van der Waals surface area contributed by atoms with Crippen LogP contribution in [0.15, 0.2) is 37.0 Å². The Morgan fingerprint density at radius 3 is 1.83 bits per heavy atom. The molecule has 0 fully saturated rings. The third-order valence-corrected chi connectivity index (χ3v) is 0.551. The summed E-state index contributed by atoms with van der Waals surface area (Å²) in [5, 5.41) is 0. The molecule has 0 unspecified atom stereocenters. The SMILES string of the molecule is C=C/C=C\C=C/C.CC.CCN. The van der Waals surface area contributed by atoms with Gasteiger partial charge >= 0.3 is 0 Å². The minimum absolute atomic E-state index is 0.750. The number of hydrogen-bond donors (Lipinski definition) is 1. The lowest BCUT2D eigenvalue weighted by Gasteiger charge is -1.65. The molecule has 0 aromatic heterocycles. The molecule has 0 spiro atoms. The van der Waals surface area contributed by atoms with Crippen LogP contribution < -0.4 is 5.73 Å². The van der Waals surface area contributed by atoms with Crippen LogP contribution in [0.2, 0.25) is 0 Å². The van der Waals surface area contributed by atoms with E-state index in [0.717, 1.165) is 6.54 Å². The van der Waals surface area contributed by atoms with E-state index in [9.17, 15) is 0 Å². The molecule has 0 bridgehead atoms. The molecule has 0 aromatic carbocycles. The van der Waals surface area contributed by atoms with Crippen LogP contribution >= 0.6 is 0 Å². The fraction of sp³-hybridized carbons (Fsp3) is 0.455.